The van der Waals surface area contributed by atoms with Crippen molar-refractivity contribution in [1.29, 1.82) is 0 Å². The number of sulfonamides is 1. The summed E-state index contributed by atoms with van der Waals surface area (Å²) in [5.74, 6) is 0. The molecule has 0 amide bonds. The molecular formula is C14H25N3O2S. The van der Waals surface area contributed by atoms with Crippen LogP contribution in [0.4, 0.5) is 5.69 Å². The second kappa shape index (κ2) is 6.56. The Morgan fingerprint density at radius 3 is 2.40 bits per heavy atom. The summed E-state index contributed by atoms with van der Waals surface area (Å²) in [6, 6.07) is 6.96. The van der Waals surface area contributed by atoms with E-state index in [4.69, 9.17) is 5.73 Å². The van der Waals surface area contributed by atoms with Gasteiger partial charge in [-0.3, -0.25) is 0 Å². The zero-order valence-corrected chi connectivity index (χ0v) is 13.5. The topological polar surface area (TPSA) is 75.4 Å². The van der Waals surface area contributed by atoms with Crippen LogP contribution in [0.5, 0.6) is 0 Å². The van der Waals surface area contributed by atoms with Gasteiger partial charge in [-0.05, 0) is 30.5 Å². The Labute approximate surface area is 122 Å². The predicted octanol–water partition coefficient (Wildman–Crippen LogP) is 1.72. The van der Waals surface area contributed by atoms with Crippen molar-refractivity contribution >= 4 is 15.7 Å². The van der Waals surface area contributed by atoms with Gasteiger partial charge in [0.15, 0.2) is 0 Å². The molecule has 1 aromatic rings. The molecule has 5 nitrogen and oxygen atoms in total. The fourth-order valence-electron chi connectivity index (χ4n) is 1.85. The number of rotatable bonds is 7. The van der Waals surface area contributed by atoms with Crippen LogP contribution in [0, 0.1) is 5.41 Å². The highest BCUT2D eigenvalue weighted by Crippen LogP contribution is 2.26. The number of hydrogen-bond acceptors (Lipinski definition) is 4. The number of anilines is 1. The number of benzene rings is 1. The molecule has 0 saturated carbocycles. The monoisotopic (exact) mass is 299 g/mol. The number of nitrogens with one attached hydrogen (secondary N) is 1. The number of nitrogens with two attached hydrogens (primary N) is 1. The van der Waals surface area contributed by atoms with Gasteiger partial charge in [-0.15, -0.1) is 0 Å². The van der Waals surface area contributed by atoms with Crippen molar-refractivity contribution in [3.05, 3.63) is 24.3 Å². The van der Waals surface area contributed by atoms with Crippen molar-refractivity contribution in [3.63, 3.8) is 0 Å². The van der Waals surface area contributed by atoms with Crippen LogP contribution in [0.3, 0.4) is 0 Å². The summed E-state index contributed by atoms with van der Waals surface area (Å²) in [7, 11) is -0.377. The van der Waals surface area contributed by atoms with Gasteiger partial charge in [0.2, 0.25) is 10.0 Å². The molecule has 0 unspecified atom stereocenters. The molecule has 1 aromatic carbocycles. The second-order valence-electron chi connectivity index (χ2n) is 5.84. The Morgan fingerprint density at radius 1 is 1.25 bits per heavy atom. The third-order valence-corrected chi connectivity index (χ3v) is 5.10. The average molecular weight is 299 g/mol. The van der Waals surface area contributed by atoms with Gasteiger partial charge in [0.05, 0.1) is 5.69 Å². The summed E-state index contributed by atoms with van der Waals surface area (Å²) in [5.41, 5.74) is 6.24. The summed E-state index contributed by atoms with van der Waals surface area (Å²) >= 11 is 0. The summed E-state index contributed by atoms with van der Waals surface area (Å²) in [6.45, 7) is 5.50. The van der Waals surface area contributed by atoms with Gasteiger partial charge in [-0.1, -0.05) is 26.0 Å². The van der Waals surface area contributed by atoms with Crippen LogP contribution in [0.25, 0.3) is 0 Å². The minimum Gasteiger partial charge on any atom is -0.383 e. The first-order valence-corrected chi connectivity index (χ1v) is 8.10. The molecule has 0 aliphatic heterocycles. The van der Waals surface area contributed by atoms with E-state index in [0.717, 1.165) is 6.42 Å². The Morgan fingerprint density at radius 2 is 1.85 bits per heavy atom. The lowest BCUT2D eigenvalue weighted by atomic mass is 9.89. The SMILES string of the molecule is CN(C)S(=O)(=O)c1ccccc1NCC(C)(C)CCN. The first-order valence-electron chi connectivity index (χ1n) is 6.66. The maximum Gasteiger partial charge on any atom is 0.244 e. The summed E-state index contributed by atoms with van der Waals surface area (Å²) in [6.07, 6.45) is 0.878. The first-order chi connectivity index (χ1) is 9.20. The van der Waals surface area contributed by atoms with E-state index in [1.165, 1.54) is 18.4 Å². The largest absolute Gasteiger partial charge is 0.383 e. The van der Waals surface area contributed by atoms with E-state index in [-0.39, 0.29) is 5.41 Å². The van der Waals surface area contributed by atoms with Crippen molar-refractivity contribution in [3.8, 4) is 0 Å². The van der Waals surface area contributed by atoms with Crippen molar-refractivity contribution in [2.75, 3.05) is 32.5 Å². The Kier molecular flexibility index (Phi) is 5.56. The molecule has 0 heterocycles. The van der Waals surface area contributed by atoms with Crippen molar-refractivity contribution in [2.45, 2.75) is 25.2 Å². The minimum absolute atomic E-state index is 0.0176. The van der Waals surface area contributed by atoms with Gasteiger partial charge in [-0.25, -0.2) is 12.7 Å². The van der Waals surface area contributed by atoms with E-state index in [0.29, 0.717) is 23.7 Å². The summed E-state index contributed by atoms with van der Waals surface area (Å²) in [5, 5.41) is 3.24. The fraction of sp³-hybridized carbons (Fsp3) is 0.571. The highest BCUT2D eigenvalue weighted by Gasteiger charge is 2.22. The molecule has 1 rings (SSSR count). The molecule has 114 valence electrons. The lowest BCUT2D eigenvalue weighted by molar-refractivity contribution is 0.365. The van der Waals surface area contributed by atoms with Gasteiger partial charge in [0.1, 0.15) is 4.90 Å². The van der Waals surface area contributed by atoms with Crippen molar-refractivity contribution in [1.82, 2.24) is 4.31 Å². The molecular weight excluding hydrogens is 274 g/mol. The average Bonchev–Trinajstić information content (AvgIpc) is 2.36. The molecule has 0 spiro atoms. The number of para-hydroxylation sites is 1. The van der Waals surface area contributed by atoms with E-state index in [9.17, 15) is 8.42 Å². The quantitative estimate of drug-likeness (QED) is 0.804. The maximum absolute atomic E-state index is 12.3. The van der Waals surface area contributed by atoms with Gasteiger partial charge in [0, 0.05) is 20.6 Å². The highest BCUT2D eigenvalue weighted by molar-refractivity contribution is 7.89. The molecule has 0 fully saturated rings. The third-order valence-electron chi connectivity index (χ3n) is 3.22. The Balaban J connectivity index is 2.98. The highest BCUT2D eigenvalue weighted by atomic mass is 32.2. The fourth-order valence-corrected chi connectivity index (χ4v) is 2.91. The smallest absolute Gasteiger partial charge is 0.244 e. The number of hydrogen-bond donors (Lipinski definition) is 2. The molecule has 3 N–H and O–H groups in total. The van der Waals surface area contributed by atoms with Crippen molar-refractivity contribution in [2.24, 2.45) is 11.1 Å². The van der Waals surface area contributed by atoms with E-state index in [1.807, 2.05) is 6.07 Å². The van der Waals surface area contributed by atoms with Gasteiger partial charge < -0.3 is 11.1 Å². The third kappa shape index (κ3) is 4.19. The summed E-state index contributed by atoms with van der Waals surface area (Å²) < 4.78 is 25.8. The Hall–Kier alpha value is -1.11. The maximum atomic E-state index is 12.3. The lowest BCUT2D eigenvalue weighted by Crippen LogP contribution is -2.28. The predicted molar refractivity (Wildman–Crippen MR) is 83.3 cm³/mol. The van der Waals surface area contributed by atoms with Crippen LogP contribution in [0.2, 0.25) is 0 Å². The van der Waals surface area contributed by atoms with Gasteiger partial charge in [0.25, 0.3) is 0 Å². The van der Waals surface area contributed by atoms with Crippen LogP contribution in [-0.2, 0) is 10.0 Å². The van der Waals surface area contributed by atoms with Crippen LogP contribution >= 0.6 is 0 Å². The van der Waals surface area contributed by atoms with Gasteiger partial charge in [-0.2, -0.15) is 0 Å². The van der Waals surface area contributed by atoms with Crippen LogP contribution in [-0.4, -0.2) is 39.9 Å². The molecule has 0 saturated heterocycles. The van der Waals surface area contributed by atoms with E-state index < -0.39 is 10.0 Å². The molecule has 20 heavy (non-hydrogen) atoms. The van der Waals surface area contributed by atoms with Crippen molar-refractivity contribution < 1.29 is 8.42 Å². The molecule has 0 aliphatic carbocycles. The standard InChI is InChI=1S/C14H25N3O2S/c1-14(2,9-10-15)11-16-12-7-5-6-8-13(12)20(18,19)17(3)4/h5-8,16H,9-11,15H2,1-4H3. The van der Waals surface area contributed by atoms with Crippen LogP contribution in [0.1, 0.15) is 20.3 Å². The molecule has 0 aromatic heterocycles. The summed E-state index contributed by atoms with van der Waals surface area (Å²) in [4.78, 5) is 0.300. The number of nitrogens with zero attached hydrogens (tertiary/aromatic N) is 1. The van der Waals surface area contributed by atoms with E-state index in [2.05, 4.69) is 19.2 Å². The van der Waals surface area contributed by atoms with E-state index in [1.54, 1.807) is 18.2 Å². The first kappa shape index (κ1) is 16.9. The molecule has 0 bridgehead atoms. The molecule has 0 radical (unpaired) electrons. The molecule has 6 heteroatoms. The molecule has 0 atom stereocenters. The Bertz CT molecular complexity index is 539. The van der Waals surface area contributed by atoms with E-state index >= 15 is 0 Å². The minimum atomic E-state index is -3.44. The zero-order valence-electron chi connectivity index (χ0n) is 12.7. The van der Waals surface area contributed by atoms with Crippen LogP contribution < -0.4 is 11.1 Å². The lowest BCUT2D eigenvalue weighted by Gasteiger charge is -2.26. The van der Waals surface area contributed by atoms with Gasteiger partial charge >= 0.3 is 0 Å². The van der Waals surface area contributed by atoms with Crippen LogP contribution in [0.15, 0.2) is 29.2 Å². The normalized spacial score (nSPS) is 12.7. The zero-order chi connectivity index (χ0) is 15.4. The second-order valence-corrected chi connectivity index (χ2v) is 7.96. The molecule has 0 aliphatic rings.